The van der Waals surface area contributed by atoms with Crippen LogP contribution in [0.15, 0.2) is 34.6 Å². The summed E-state index contributed by atoms with van der Waals surface area (Å²) in [5.41, 5.74) is 2.85. The molecule has 21 heavy (non-hydrogen) atoms. The first-order chi connectivity index (χ1) is 10.2. The molecule has 0 spiro atoms. The van der Waals surface area contributed by atoms with Crippen molar-refractivity contribution < 1.29 is 4.74 Å². The fourth-order valence-corrected chi connectivity index (χ4v) is 2.72. The first-order valence-electron chi connectivity index (χ1n) is 6.42. The van der Waals surface area contributed by atoms with Gasteiger partial charge < -0.3 is 15.0 Å². The number of aromatic nitrogens is 4. The molecule has 0 radical (unpaired) electrons. The summed E-state index contributed by atoms with van der Waals surface area (Å²) in [6.07, 6.45) is 1.80. The third kappa shape index (κ3) is 2.78. The molecule has 0 saturated carbocycles. The van der Waals surface area contributed by atoms with Crippen molar-refractivity contribution in [3.63, 3.8) is 0 Å². The van der Waals surface area contributed by atoms with Crippen LogP contribution in [0.2, 0.25) is 0 Å². The van der Waals surface area contributed by atoms with Crippen molar-refractivity contribution in [3.8, 4) is 5.75 Å². The van der Waals surface area contributed by atoms with E-state index in [1.165, 1.54) is 11.8 Å². The van der Waals surface area contributed by atoms with Crippen LogP contribution in [0, 0.1) is 6.92 Å². The predicted octanol–water partition coefficient (Wildman–Crippen LogP) is 2.86. The first-order valence-corrected chi connectivity index (χ1v) is 7.24. The van der Waals surface area contributed by atoms with Gasteiger partial charge in [-0.2, -0.15) is 0 Å². The molecule has 3 rings (SSSR count). The minimum atomic E-state index is 0.598. The smallest absolute Gasteiger partial charge is 0.223 e. The maximum absolute atomic E-state index is 5.22. The Morgan fingerprint density at radius 2 is 2.14 bits per heavy atom. The summed E-state index contributed by atoms with van der Waals surface area (Å²) in [4.78, 5) is 16.5. The molecule has 3 aromatic rings. The van der Waals surface area contributed by atoms with Crippen molar-refractivity contribution in [3.05, 3.63) is 30.0 Å². The Kier molecular flexibility index (Phi) is 3.66. The fraction of sp³-hybridized carbons (Fsp3) is 0.214. The molecule has 0 amide bonds. The van der Waals surface area contributed by atoms with E-state index in [9.17, 15) is 0 Å². The van der Waals surface area contributed by atoms with E-state index in [1.807, 2.05) is 25.1 Å². The number of fused-ring (bicyclic) bond motifs is 1. The van der Waals surface area contributed by atoms with Gasteiger partial charge in [-0.25, -0.2) is 15.0 Å². The number of aromatic amines is 1. The molecular formula is C14H15N5OS. The fourth-order valence-electron chi connectivity index (χ4n) is 1.88. The summed E-state index contributed by atoms with van der Waals surface area (Å²) in [5, 5.41) is 4.61. The Morgan fingerprint density at radius 3 is 2.90 bits per heavy atom. The highest BCUT2D eigenvalue weighted by molar-refractivity contribution is 7.99. The molecule has 0 saturated heterocycles. The van der Waals surface area contributed by atoms with Gasteiger partial charge >= 0.3 is 0 Å². The monoisotopic (exact) mass is 301 g/mol. The van der Waals surface area contributed by atoms with Crippen LogP contribution in [-0.2, 0) is 0 Å². The van der Waals surface area contributed by atoms with Crippen molar-refractivity contribution in [2.45, 2.75) is 17.1 Å². The first kappa shape index (κ1) is 13.7. The lowest BCUT2D eigenvalue weighted by molar-refractivity contribution is 0.415. The van der Waals surface area contributed by atoms with Crippen molar-refractivity contribution >= 4 is 28.7 Å². The number of hydrogen-bond donors (Lipinski definition) is 2. The molecule has 0 aliphatic rings. The Morgan fingerprint density at radius 1 is 1.29 bits per heavy atom. The molecule has 7 heteroatoms. The standard InChI is InChI=1S/C14H15N5OS/c1-8-7-16-13(15-2)19-12(8)21-14-17-10-5-4-9(20-3)6-11(10)18-14/h4-7H,1-3H3,(H,17,18)(H,15,16,19). The third-order valence-corrected chi connectivity index (χ3v) is 4.00. The van der Waals surface area contributed by atoms with Crippen molar-refractivity contribution in [1.82, 2.24) is 19.9 Å². The summed E-state index contributed by atoms with van der Waals surface area (Å²) in [7, 11) is 3.45. The molecule has 2 heterocycles. The zero-order chi connectivity index (χ0) is 14.8. The van der Waals surface area contributed by atoms with E-state index < -0.39 is 0 Å². The summed E-state index contributed by atoms with van der Waals surface area (Å²) < 4.78 is 5.22. The van der Waals surface area contributed by atoms with E-state index in [4.69, 9.17) is 4.74 Å². The van der Waals surface area contributed by atoms with Gasteiger partial charge in [-0.3, -0.25) is 0 Å². The molecule has 108 valence electrons. The molecule has 1 aromatic carbocycles. The second-order valence-corrected chi connectivity index (χ2v) is 5.44. The van der Waals surface area contributed by atoms with Gasteiger partial charge in [0.1, 0.15) is 10.8 Å². The molecule has 0 unspecified atom stereocenters. The summed E-state index contributed by atoms with van der Waals surface area (Å²) in [6, 6.07) is 5.76. The number of ether oxygens (including phenoxy) is 1. The summed E-state index contributed by atoms with van der Waals surface area (Å²) in [6.45, 7) is 1.98. The Hall–Kier alpha value is -2.28. The van der Waals surface area contributed by atoms with E-state index in [2.05, 4.69) is 25.3 Å². The Balaban J connectivity index is 1.94. The number of methoxy groups -OCH3 is 1. The van der Waals surface area contributed by atoms with Crippen LogP contribution in [0.5, 0.6) is 5.75 Å². The minimum Gasteiger partial charge on any atom is -0.497 e. The number of hydrogen-bond acceptors (Lipinski definition) is 6. The van der Waals surface area contributed by atoms with Gasteiger partial charge in [-0.15, -0.1) is 0 Å². The number of nitrogens with zero attached hydrogens (tertiary/aromatic N) is 3. The van der Waals surface area contributed by atoms with Crippen LogP contribution in [0.1, 0.15) is 5.56 Å². The van der Waals surface area contributed by atoms with Crippen LogP contribution in [0.3, 0.4) is 0 Å². The lowest BCUT2D eigenvalue weighted by atomic mass is 10.3. The van der Waals surface area contributed by atoms with Crippen LogP contribution in [0.25, 0.3) is 11.0 Å². The van der Waals surface area contributed by atoms with E-state index >= 15 is 0 Å². The topological polar surface area (TPSA) is 75.7 Å². The number of benzene rings is 1. The number of nitrogens with one attached hydrogen (secondary N) is 2. The van der Waals surface area contributed by atoms with Crippen LogP contribution >= 0.6 is 11.8 Å². The molecule has 6 nitrogen and oxygen atoms in total. The number of H-pyrrole nitrogens is 1. The predicted molar refractivity (Wildman–Crippen MR) is 83.1 cm³/mol. The number of rotatable bonds is 4. The summed E-state index contributed by atoms with van der Waals surface area (Å²) >= 11 is 1.48. The van der Waals surface area contributed by atoms with Gasteiger partial charge in [0.05, 0.1) is 18.1 Å². The van der Waals surface area contributed by atoms with Gasteiger partial charge in [0.25, 0.3) is 0 Å². The van der Waals surface area contributed by atoms with Gasteiger partial charge in [-0.05, 0) is 30.8 Å². The van der Waals surface area contributed by atoms with Crippen LogP contribution in [-0.4, -0.2) is 34.1 Å². The highest BCUT2D eigenvalue weighted by Crippen LogP contribution is 2.29. The average Bonchev–Trinajstić information content (AvgIpc) is 2.90. The minimum absolute atomic E-state index is 0.598. The van der Waals surface area contributed by atoms with Crippen molar-refractivity contribution in [2.75, 3.05) is 19.5 Å². The SMILES string of the molecule is CNc1ncc(C)c(Sc2nc3ccc(OC)cc3[nH]2)n1. The van der Waals surface area contributed by atoms with E-state index in [0.29, 0.717) is 5.95 Å². The van der Waals surface area contributed by atoms with Crippen LogP contribution < -0.4 is 10.1 Å². The Bertz CT molecular complexity index is 786. The highest BCUT2D eigenvalue weighted by Gasteiger charge is 2.10. The lowest BCUT2D eigenvalue weighted by Crippen LogP contribution is -1.98. The number of anilines is 1. The maximum Gasteiger partial charge on any atom is 0.223 e. The van der Waals surface area contributed by atoms with E-state index in [0.717, 1.165) is 32.5 Å². The molecule has 0 atom stereocenters. The number of aryl methyl sites for hydroxylation is 1. The quantitative estimate of drug-likeness (QED) is 0.722. The molecule has 0 aliphatic heterocycles. The second kappa shape index (κ2) is 5.61. The van der Waals surface area contributed by atoms with Gasteiger partial charge in [0.15, 0.2) is 5.16 Å². The lowest BCUT2D eigenvalue weighted by Gasteiger charge is -2.04. The number of imidazole rings is 1. The van der Waals surface area contributed by atoms with Crippen molar-refractivity contribution in [2.24, 2.45) is 0 Å². The van der Waals surface area contributed by atoms with Crippen molar-refractivity contribution in [1.29, 1.82) is 0 Å². The average molecular weight is 301 g/mol. The summed E-state index contributed by atoms with van der Waals surface area (Å²) in [5.74, 6) is 1.40. The maximum atomic E-state index is 5.22. The molecule has 0 aliphatic carbocycles. The van der Waals surface area contributed by atoms with Crippen LogP contribution in [0.4, 0.5) is 5.95 Å². The second-order valence-electron chi connectivity index (χ2n) is 4.46. The zero-order valence-corrected chi connectivity index (χ0v) is 12.8. The third-order valence-electron chi connectivity index (χ3n) is 3.01. The van der Waals surface area contributed by atoms with E-state index in [1.54, 1.807) is 20.4 Å². The molecule has 0 fully saturated rings. The van der Waals surface area contributed by atoms with Gasteiger partial charge in [0.2, 0.25) is 5.95 Å². The van der Waals surface area contributed by atoms with Gasteiger partial charge in [0, 0.05) is 24.9 Å². The molecule has 2 N–H and O–H groups in total. The zero-order valence-electron chi connectivity index (χ0n) is 12.0. The van der Waals surface area contributed by atoms with E-state index in [-0.39, 0.29) is 0 Å². The molecule has 0 bridgehead atoms. The molecular weight excluding hydrogens is 286 g/mol. The largest absolute Gasteiger partial charge is 0.497 e. The highest BCUT2D eigenvalue weighted by atomic mass is 32.2. The molecule has 2 aromatic heterocycles. The normalized spacial score (nSPS) is 10.8. The Labute approximate surface area is 126 Å². The van der Waals surface area contributed by atoms with Gasteiger partial charge in [-0.1, -0.05) is 0 Å².